The molecule has 2 amide bonds. The molecule has 33 heavy (non-hydrogen) atoms. The van der Waals surface area contributed by atoms with Crippen molar-refractivity contribution in [2.75, 3.05) is 43.2 Å². The molecule has 2 aromatic carbocycles. The monoisotopic (exact) mass is 447 g/mol. The number of hydrazine groups is 1. The van der Waals surface area contributed by atoms with Crippen molar-refractivity contribution in [2.24, 2.45) is 0 Å². The maximum atomic E-state index is 13.3. The molecule has 8 heteroatoms. The van der Waals surface area contributed by atoms with Gasteiger partial charge in [-0.1, -0.05) is 24.3 Å². The summed E-state index contributed by atoms with van der Waals surface area (Å²) in [6.07, 6.45) is 0. The standard InChI is InChI=1S/C25H29N5O3/c1-18-16-23(24(33-3)26-19(18)2)30(20-8-5-4-6-9-20)27-25(32)29-14-12-28(13-15-29)21-10-7-11-22(31)17-21/h4-11,16-17,31H,12-15H2,1-3H3,(H,27,32). The first-order valence-corrected chi connectivity index (χ1v) is 10.9. The lowest BCUT2D eigenvalue weighted by Gasteiger charge is -2.37. The van der Waals surface area contributed by atoms with Crippen molar-refractivity contribution in [1.29, 1.82) is 0 Å². The summed E-state index contributed by atoms with van der Waals surface area (Å²) in [7, 11) is 1.58. The van der Waals surface area contributed by atoms with Gasteiger partial charge < -0.3 is 19.6 Å². The Hall–Kier alpha value is -3.94. The molecule has 0 spiro atoms. The number of nitrogens with one attached hydrogen (secondary N) is 1. The smallest absolute Gasteiger partial charge is 0.336 e. The lowest BCUT2D eigenvalue weighted by molar-refractivity contribution is 0.194. The number of nitrogens with zero attached hydrogens (tertiary/aromatic N) is 4. The van der Waals surface area contributed by atoms with E-state index in [9.17, 15) is 9.90 Å². The minimum absolute atomic E-state index is 0.199. The number of aryl methyl sites for hydroxylation is 2. The summed E-state index contributed by atoms with van der Waals surface area (Å²) in [5.41, 5.74) is 7.33. The second-order valence-electron chi connectivity index (χ2n) is 8.00. The number of methoxy groups -OCH3 is 1. The number of aromatic hydroxyl groups is 1. The Morgan fingerprint density at radius 2 is 1.76 bits per heavy atom. The minimum atomic E-state index is -0.199. The molecule has 2 heterocycles. The third-order valence-corrected chi connectivity index (χ3v) is 5.83. The summed E-state index contributed by atoms with van der Waals surface area (Å²) in [6.45, 7) is 6.39. The van der Waals surface area contributed by atoms with Gasteiger partial charge >= 0.3 is 6.03 Å². The highest BCUT2D eigenvalue weighted by atomic mass is 16.5. The van der Waals surface area contributed by atoms with Gasteiger partial charge in [0.1, 0.15) is 11.4 Å². The van der Waals surface area contributed by atoms with Crippen LogP contribution < -0.4 is 20.1 Å². The van der Waals surface area contributed by atoms with Gasteiger partial charge in [-0.25, -0.2) is 20.2 Å². The quantitative estimate of drug-likeness (QED) is 0.576. The van der Waals surface area contributed by atoms with E-state index < -0.39 is 0 Å². The predicted octanol–water partition coefficient (Wildman–Crippen LogP) is 4.00. The number of phenols is 1. The van der Waals surface area contributed by atoms with Gasteiger partial charge in [-0.2, -0.15) is 0 Å². The van der Waals surface area contributed by atoms with Crippen molar-refractivity contribution in [1.82, 2.24) is 15.3 Å². The summed E-state index contributed by atoms with van der Waals surface area (Å²) in [5, 5.41) is 11.5. The molecule has 0 atom stereocenters. The molecule has 0 aliphatic carbocycles. The molecule has 1 aromatic heterocycles. The SMILES string of the molecule is COc1nc(C)c(C)cc1N(NC(=O)N1CCN(c2cccc(O)c2)CC1)c1ccccc1. The van der Waals surface area contributed by atoms with Gasteiger partial charge in [-0.3, -0.25) is 0 Å². The van der Waals surface area contributed by atoms with Crippen LogP contribution in [-0.4, -0.2) is 54.3 Å². The average Bonchev–Trinajstić information content (AvgIpc) is 2.84. The number of aromatic nitrogens is 1. The van der Waals surface area contributed by atoms with Gasteiger partial charge in [0.15, 0.2) is 0 Å². The molecule has 2 N–H and O–H groups in total. The van der Waals surface area contributed by atoms with Crippen LogP contribution in [0.2, 0.25) is 0 Å². The number of hydrogen-bond acceptors (Lipinski definition) is 6. The molecule has 172 valence electrons. The van der Waals surface area contributed by atoms with Crippen LogP contribution in [0.5, 0.6) is 11.6 Å². The van der Waals surface area contributed by atoms with Crippen LogP contribution in [0.4, 0.5) is 21.9 Å². The highest BCUT2D eigenvalue weighted by Crippen LogP contribution is 2.32. The van der Waals surface area contributed by atoms with E-state index in [1.807, 2.05) is 62.4 Å². The number of carbonyl (C=O) groups is 1. The van der Waals surface area contributed by atoms with E-state index >= 15 is 0 Å². The fourth-order valence-corrected chi connectivity index (χ4v) is 3.84. The molecule has 1 fully saturated rings. The zero-order valence-corrected chi connectivity index (χ0v) is 19.2. The number of urea groups is 1. The number of pyridine rings is 1. The third-order valence-electron chi connectivity index (χ3n) is 5.83. The largest absolute Gasteiger partial charge is 0.508 e. The summed E-state index contributed by atoms with van der Waals surface area (Å²) < 4.78 is 5.54. The number of phenolic OH excluding ortho intramolecular Hbond substituents is 1. The summed E-state index contributed by atoms with van der Waals surface area (Å²) in [5.74, 6) is 0.679. The Kier molecular flexibility index (Phi) is 6.53. The molecule has 0 unspecified atom stereocenters. The Bertz CT molecular complexity index is 1110. The third kappa shape index (κ3) is 4.95. The molecule has 0 bridgehead atoms. The van der Waals surface area contributed by atoms with Crippen molar-refractivity contribution >= 4 is 23.1 Å². The molecule has 1 aliphatic heterocycles. The average molecular weight is 448 g/mol. The van der Waals surface area contributed by atoms with E-state index in [1.54, 1.807) is 29.2 Å². The van der Waals surface area contributed by atoms with Gasteiger partial charge in [0.05, 0.1) is 12.8 Å². The molecule has 1 saturated heterocycles. The van der Waals surface area contributed by atoms with Gasteiger partial charge in [-0.15, -0.1) is 0 Å². The zero-order valence-electron chi connectivity index (χ0n) is 19.2. The van der Waals surface area contributed by atoms with Gasteiger partial charge in [-0.05, 0) is 49.7 Å². The van der Waals surface area contributed by atoms with E-state index in [2.05, 4.69) is 15.3 Å². The Morgan fingerprint density at radius 1 is 1.03 bits per heavy atom. The number of carbonyl (C=O) groups excluding carboxylic acids is 1. The van der Waals surface area contributed by atoms with Crippen molar-refractivity contribution in [3.05, 3.63) is 71.9 Å². The minimum Gasteiger partial charge on any atom is -0.508 e. The molecule has 4 rings (SSSR count). The molecular formula is C25H29N5O3. The normalized spacial score (nSPS) is 13.5. The Balaban J connectivity index is 1.53. The van der Waals surface area contributed by atoms with Crippen LogP contribution in [0.3, 0.4) is 0 Å². The zero-order chi connectivity index (χ0) is 23.4. The highest BCUT2D eigenvalue weighted by molar-refractivity contribution is 5.81. The van der Waals surface area contributed by atoms with Crippen LogP contribution >= 0.6 is 0 Å². The number of rotatable bonds is 5. The molecular weight excluding hydrogens is 418 g/mol. The highest BCUT2D eigenvalue weighted by Gasteiger charge is 2.25. The van der Waals surface area contributed by atoms with Gasteiger partial charge in [0, 0.05) is 43.6 Å². The molecule has 8 nitrogen and oxygen atoms in total. The number of amides is 2. The number of para-hydroxylation sites is 1. The first-order chi connectivity index (χ1) is 16.0. The molecule has 0 radical (unpaired) electrons. The number of benzene rings is 2. The van der Waals surface area contributed by atoms with Crippen molar-refractivity contribution in [3.8, 4) is 11.6 Å². The first-order valence-electron chi connectivity index (χ1n) is 10.9. The van der Waals surface area contributed by atoms with E-state index in [0.717, 1.165) is 22.6 Å². The van der Waals surface area contributed by atoms with Crippen molar-refractivity contribution in [3.63, 3.8) is 0 Å². The van der Waals surface area contributed by atoms with E-state index in [1.165, 1.54) is 0 Å². The van der Waals surface area contributed by atoms with E-state index in [-0.39, 0.29) is 11.8 Å². The maximum Gasteiger partial charge on any atom is 0.336 e. The maximum absolute atomic E-state index is 13.3. The Labute approximate surface area is 194 Å². The lowest BCUT2D eigenvalue weighted by atomic mass is 10.2. The fraction of sp³-hybridized carbons (Fsp3) is 0.280. The van der Waals surface area contributed by atoms with Crippen LogP contribution in [0.1, 0.15) is 11.3 Å². The second kappa shape index (κ2) is 9.68. The number of hydrogen-bond donors (Lipinski definition) is 2. The van der Waals surface area contributed by atoms with Crippen LogP contribution in [0, 0.1) is 13.8 Å². The fourth-order valence-electron chi connectivity index (χ4n) is 3.84. The number of anilines is 3. The number of ether oxygens (including phenoxy) is 1. The Morgan fingerprint density at radius 3 is 2.42 bits per heavy atom. The number of piperazine rings is 1. The second-order valence-corrected chi connectivity index (χ2v) is 8.00. The summed E-state index contributed by atoms with van der Waals surface area (Å²) in [6, 6.07) is 18.6. The predicted molar refractivity (Wildman–Crippen MR) is 129 cm³/mol. The molecule has 0 saturated carbocycles. The lowest BCUT2D eigenvalue weighted by Crippen LogP contribution is -2.54. The topological polar surface area (TPSA) is 81.2 Å². The molecule has 3 aromatic rings. The first kappa shape index (κ1) is 22.3. The summed E-state index contributed by atoms with van der Waals surface area (Å²) in [4.78, 5) is 21.8. The summed E-state index contributed by atoms with van der Waals surface area (Å²) >= 11 is 0. The molecule has 1 aliphatic rings. The van der Waals surface area contributed by atoms with Gasteiger partial charge in [0.25, 0.3) is 0 Å². The van der Waals surface area contributed by atoms with Crippen LogP contribution in [-0.2, 0) is 0 Å². The van der Waals surface area contributed by atoms with E-state index in [4.69, 9.17) is 4.74 Å². The van der Waals surface area contributed by atoms with Crippen molar-refractivity contribution in [2.45, 2.75) is 13.8 Å². The van der Waals surface area contributed by atoms with Crippen molar-refractivity contribution < 1.29 is 14.6 Å². The van der Waals surface area contributed by atoms with E-state index in [0.29, 0.717) is 37.7 Å². The van der Waals surface area contributed by atoms with Gasteiger partial charge in [0.2, 0.25) is 5.88 Å². The van der Waals surface area contributed by atoms with Crippen LogP contribution in [0.25, 0.3) is 0 Å². The van der Waals surface area contributed by atoms with Crippen LogP contribution in [0.15, 0.2) is 60.7 Å².